The monoisotopic (exact) mass is 446 g/mol. The van der Waals surface area contributed by atoms with Gasteiger partial charge in [-0.25, -0.2) is 13.4 Å². The molecule has 0 bridgehead atoms. The van der Waals surface area contributed by atoms with Crippen LogP contribution < -0.4 is 4.90 Å². The maximum atomic E-state index is 12.7. The van der Waals surface area contributed by atoms with Gasteiger partial charge in [0.1, 0.15) is 5.52 Å². The molecule has 11 heteroatoms. The Morgan fingerprint density at radius 3 is 2.37 bits per heavy atom. The van der Waals surface area contributed by atoms with Crippen LogP contribution in [0.15, 0.2) is 47.4 Å². The third-order valence-corrected chi connectivity index (χ3v) is 7.14. The van der Waals surface area contributed by atoms with Crippen LogP contribution >= 0.6 is 11.3 Å². The second kappa shape index (κ2) is 7.65. The van der Waals surface area contributed by atoms with Gasteiger partial charge in [-0.05, 0) is 24.3 Å². The molecule has 1 aliphatic heterocycles. The number of hydrogen-bond acceptors (Lipinski definition) is 8. The lowest BCUT2D eigenvalue weighted by Crippen LogP contribution is -2.48. The number of nitro groups is 1. The number of amides is 1. The smallest absolute Gasteiger partial charge is 0.269 e. The minimum Gasteiger partial charge on any atom is -0.345 e. The summed E-state index contributed by atoms with van der Waals surface area (Å²) in [6.07, 6.45) is 1.17. The fraction of sp³-hybridized carbons (Fsp3) is 0.263. The summed E-state index contributed by atoms with van der Waals surface area (Å²) >= 11 is 1.43. The lowest BCUT2D eigenvalue weighted by molar-refractivity contribution is -0.384. The number of fused-ring (bicyclic) bond motifs is 1. The molecule has 0 N–H and O–H groups in total. The summed E-state index contributed by atoms with van der Waals surface area (Å²) in [6.45, 7) is 2.08. The first-order valence-corrected chi connectivity index (χ1v) is 11.8. The highest BCUT2D eigenvalue weighted by atomic mass is 32.2. The number of thiazole rings is 1. The van der Waals surface area contributed by atoms with Crippen LogP contribution in [0.4, 0.5) is 10.8 Å². The topological polar surface area (TPSA) is 114 Å². The number of piperazine rings is 1. The third-order valence-electron chi connectivity index (χ3n) is 4.93. The van der Waals surface area contributed by atoms with E-state index < -0.39 is 14.8 Å². The second-order valence-electron chi connectivity index (χ2n) is 6.95. The summed E-state index contributed by atoms with van der Waals surface area (Å²) in [5.41, 5.74) is 0.830. The van der Waals surface area contributed by atoms with E-state index in [-0.39, 0.29) is 16.5 Å². The molecular weight excluding hydrogens is 428 g/mol. The lowest BCUT2D eigenvalue weighted by Gasteiger charge is -2.34. The van der Waals surface area contributed by atoms with Gasteiger partial charge in [0.25, 0.3) is 11.6 Å². The van der Waals surface area contributed by atoms with E-state index in [0.29, 0.717) is 37.3 Å². The van der Waals surface area contributed by atoms with Gasteiger partial charge in [0.15, 0.2) is 15.0 Å². The molecule has 1 amide bonds. The van der Waals surface area contributed by atoms with Crippen LogP contribution in [0.5, 0.6) is 0 Å². The Kier molecular flexibility index (Phi) is 5.16. The zero-order chi connectivity index (χ0) is 21.5. The highest BCUT2D eigenvalue weighted by molar-refractivity contribution is 7.91. The van der Waals surface area contributed by atoms with Crippen molar-refractivity contribution in [2.45, 2.75) is 4.90 Å². The Balaban J connectivity index is 1.48. The standard InChI is InChI=1S/C19H18N4O5S2/c1-30(27,28)16-4-2-3-15-17(16)20-19(29-15)22-11-9-21(10-12-22)18(24)13-5-7-14(8-6-13)23(25)26/h2-8H,9-12H2,1H3. The first-order valence-electron chi connectivity index (χ1n) is 9.12. The average Bonchev–Trinajstić information content (AvgIpc) is 3.17. The Labute approximate surface area is 176 Å². The molecule has 0 saturated carbocycles. The van der Waals surface area contributed by atoms with E-state index in [0.717, 1.165) is 9.83 Å². The van der Waals surface area contributed by atoms with E-state index in [1.807, 2.05) is 11.0 Å². The number of non-ortho nitro benzene ring substituents is 1. The molecule has 2 heterocycles. The van der Waals surface area contributed by atoms with Crippen LogP contribution in [0.1, 0.15) is 10.4 Å². The van der Waals surface area contributed by atoms with Crippen molar-refractivity contribution in [1.82, 2.24) is 9.88 Å². The van der Waals surface area contributed by atoms with Gasteiger partial charge in [0.05, 0.1) is 14.5 Å². The number of nitrogens with zero attached hydrogens (tertiary/aromatic N) is 4. The first kappa shape index (κ1) is 20.2. The predicted octanol–water partition coefficient (Wildman–Crippen LogP) is 2.57. The zero-order valence-electron chi connectivity index (χ0n) is 16.0. The fourth-order valence-electron chi connectivity index (χ4n) is 3.36. The molecule has 156 valence electrons. The number of anilines is 1. The van der Waals surface area contributed by atoms with Crippen molar-refractivity contribution in [1.29, 1.82) is 0 Å². The molecule has 0 unspecified atom stereocenters. The van der Waals surface area contributed by atoms with Crippen molar-refractivity contribution < 1.29 is 18.1 Å². The number of carbonyl (C=O) groups is 1. The van der Waals surface area contributed by atoms with Crippen LogP contribution in [0.3, 0.4) is 0 Å². The van der Waals surface area contributed by atoms with Gasteiger partial charge < -0.3 is 9.80 Å². The molecule has 30 heavy (non-hydrogen) atoms. The number of nitro benzene ring substituents is 1. The summed E-state index contributed by atoms with van der Waals surface area (Å²) in [7, 11) is -3.38. The number of carbonyl (C=O) groups excluding carboxylic acids is 1. The third kappa shape index (κ3) is 3.85. The van der Waals surface area contributed by atoms with Crippen LogP contribution in [0.2, 0.25) is 0 Å². The normalized spacial score (nSPS) is 14.8. The number of hydrogen-bond donors (Lipinski definition) is 0. The maximum Gasteiger partial charge on any atom is 0.269 e. The van der Waals surface area contributed by atoms with E-state index in [1.54, 1.807) is 17.0 Å². The van der Waals surface area contributed by atoms with Gasteiger partial charge in [-0.2, -0.15) is 0 Å². The molecule has 0 aliphatic carbocycles. The van der Waals surface area contributed by atoms with Crippen molar-refractivity contribution in [3.8, 4) is 0 Å². The second-order valence-corrected chi connectivity index (χ2v) is 9.95. The highest BCUT2D eigenvalue weighted by Crippen LogP contribution is 2.33. The predicted molar refractivity (Wildman–Crippen MR) is 114 cm³/mol. The molecule has 9 nitrogen and oxygen atoms in total. The highest BCUT2D eigenvalue weighted by Gasteiger charge is 2.25. The van der Waals surface area contributed by atoms with Crippen molar-refractivity contribution in [2.75, 3.05) is 37.3 Å². The van der Waals surface area contributed by atoms with Crippen molar-refractivity contribution >= 4 is 48.1 Å². The molecule has 4 rings (SSSR count). The summed E-state index contributed by atoms with van der Waals surface area (Å²) in [5.74, 6) is -0.173. The molecule has 3 aromatic rings. The van der Waals surface area contributed by atoms with Crippen LogP contribution in [0.25, 0.3) is 10.2 Å². The van der Waals surface area contributed by atoms with E-state index in [4.69, 9.17) is 0 Å². The molecular formula is C19H18N4O5S2. The van der Waals surface area contributed by atoms with Gasteiger partial charge in [0, 0.05) is 50.1 Å². The molecule has 1 saturated heterocycles. The first-order chi connectivity index (χ1) is 14.2. The SMILES string of the molecule is CS(=O)(=O)c1cccc2sc(N3CCN(C(=O)c4ccc([N+](=O)[O-])cc4)CC3)nc12. The van der Waals surface area contributed by atoms with E-state index >= 15 is 0 Å². The van der Waals surface area contributed by atoms with E-state index in [1.165, 1.54) is 41.9 Å². The van der Waals surface area contributed by atoms with Crippen molar-refractivity contribution in [3.63, 3.8) is 0 Å². The van der Waals surface area contributed by atoms with E-state index in [9.17, 15) is 23.3 Å². The Hall–Kier alpha value is -3.05. The Morgan fingerprint density at radius 2 is 1.77 bits per heavy atom. The minimum absolute atomic E-state index is 0.0549. The number of sulfone groups is 1. The number of benzene rings is 2. The molecule has 1 aromatic heterocycles. The van der Waals surface area contributed by atoms with Crippen LogP contribution in [-0.4, -0.2) is 61.6 Å². The number of para-hydroxylation sites is 1. The molecule has 0 spiro atoms. The average molecular weight is 447 g/mol. The van der Waals surface area contributed by atoms with Crippen molar-refractivity contribution in [2.24, 2.45) is 0 Å². The van der Waals surface area contributed by atoms with Crippen LogP contribution in [0, 0.1) is 10.1 Å². The summed E-state index contributed by atoms with van der Waals surface area (Å²) in [6, 6.07) is 10.7. The Bertz CT molecular complexity index is 1230. The molecule has 2 aromatic carbocycles. The van der Waals surface area contributed by atoms with E-state index in [2.05, 4.69) is 4.98 Å². The van der Waals surface area contributed by atoms with Crippen molar-refractivity contribution in [3.05, 3.63) is 58.1 Å². The quantitative estimate of drug-likeness (QED) is 0.447. The molecule has 0 radical (unpaired) electrons. The van der Waals surface area contributed by atoms with Crippen LogP contribution in [-0.2, 0) is 9.84 Å². The van der Waals surface area contributed by atoms with Gasteiger partial charge in [0.2, 0.25) is 0 Å². The lowest BCUT2D eigenvalue weighted by atomic mass is 10.1. The van der Waals surface area contributed by atoms with Gasteiger partial charge in [-0.3, -0.25) is 14.9 Å². The summed E-state index contributed by atoms with van der Waals surface area (Å²) in [4.78, 5) is 31.5. The molecule has 0 atom stereocenters. The number of rotatable bonds is 4. The summed E-state index contributed by atoms with van der Waals surface area (Å²) < 4.78 is 24.8. The molecule has 1 aliphatic rings. The maximum absolute atomic E-state index is 12.7. The van der Waals surface area contributed by atoms with Gasteiger partial charge >= 0.3 is 0 Å². The minimum atomic E-state index is -3.38. The molecule has 1 fully saturated rings. The van der Waals surface area contributed by atoms with Gasteiger partial charge in [-0.15, -0.1) is 0 Å². The largest absolute Gasteiger partial charge is 0.345 e. The fourth-order valence-corrected chi connectivity index (χ4v) is 5.30. The van der Waals surface area contributed by atoms with Gasteiger partial charge in [-0.1, -0.05) is 17.4 Å². The summed E-state index contributed by atoms with van der Waals surface area (Å²) in [5, 5.41) is 11.5. The number of aromatic nitrogens is 1. The Morgan fingerprint density at radius 1 is 1.10 bits per heavy atom. The zero-order valence-corrected chi connectivity index (χ0v) is 17.6.